The Morgan fingerprint density at radius 2 is 2.16 bits per heavy atom. The van der Waals surface area contributed by atoms with Crippen molar-refractivity contribution < 1.29 is 5.11 Å². The second-order valence-corrected chi connectivity index (χ2v) is 7.61. The van der Waals surface area contributed by atoms with Crippen LogP contribution in [0, 0.1) is 0 Å². The van der Waals surface area contributed by atoms with Crippen molar-refractivity contribution in [3.8, 4) is 0 Å². The van der Waals surface area contributed by atoms with Crippen LogP contribution in [0.3, 0.4) is 0 Å². The molecule has 0 amide bonds. The van der Waals surface area contributed by atoms with Crippen molar-refractivity contribution >= 4 is 0 Å². The minimum atomic E-state index is -0.531. The van der Waals surface area contributed by atoms with E-state index in [4.69, 9.17) is 0 Å². The summed E-state index contributed by atoms with van der Waals surface area (Å²) in [6.07, 6.45) is 7.14. The number of rotatable bonds is 6. The van der Waals surface area contributed by atoms with Crippen molar-refractivity contribution in [1.29, 1.82) is 0 Å². The lowest BCUT2D eigenvalue weighted by Crippen LogP contribution is -2.24. The molecule has 0 saturated heterocycles. The monoisotopic (exact) mass is 344 g/mol. The first kappa shape index (κ1) is 16.8. The van der Waals surface area contributed by atoms with E-state index in [1.54, 1.807) is 0 Å². The second-order valence-electron chi connectivity index (χ2n) is 7.61. The SMILES string of the molecule is CN(C)C[C@@H](O)c1cc2n(n1)CCCN(Cc1nccn1C1CC1)C2. The predicted octanol–water partition coefficient (Wildman–Crippen LogP) is 1.42. The Morgan fingerprint density at radius 3 is 2.92 bits per heavy atom. The van der Waals surface area contributed by atoms with E-state index >= 15 is 0 Å². The largest absolute Gasteiger partial charge is 0.385 e. The molecule has 4 rings (SSSR count). The van der Waals surface area contributed by atoms with Crippen LogP contribution in [0.4, 0.5) is 0 Å². The minimum Gasteiger partial charge on any atom is -0.385 e. The summed E-state index contributed by atoms with van der Waals surface area (Å²) in [7, 11) is 3.93. The lowest BCUT2D eigenvalue weighted by Gasteiger charge is -2.19. The highest BCUT2D eigenvalue weighted by Gasteiger charge is 2.27. The van der Waals surface area contributed by atoms with E-state index in [2.05, 4.69) is 36.5 Å². The van der Waals surface area contributed by atoms with Crippen molar-refractivity contribution in [2.24, 2.45) is 0 Å². The summed E-state index contributed by atoms with van der Waals surface area (Å²) in [6, 6.07) is 2.74. The predicted molar refractivity (Wildman–Crippen MR) is 95.0 cm³/mol. The molecule has 2 aliphatic rings. The summed E-state index contributed by atoms with van der Waals surface area (Å²) >= 11 is 0. The van der Waals surface area contributed by atoms with Crippen LogP contribution in [0.15, 0.2) is 18.5 Å². The minimum absolute atomic E-state index is 0.531. The zero-order valence-electron chi connectivity index (χ0n) is 15.2. The molecule has 1 aliphatic heterocycles. The molecule has 0 spiro atoms. The van der Waals surface area contributed by atoms with Gasteiger partial charge in [0.15, 0.2) is 0 Å². The van der Waals surface area contributed by atoms with Crippen LogP contribution in [-0.2, 0) is 19.6 Å². The molecule has 1 saturated carbocycles. The number of imidazole rings is 1. The Kier molecular flexibility index (Phi) is 4.62. The van der Waals surface area contributed by atoms with Gasteiger partial charge in [-0.2, -0.15) is 5.10 Å². The van der Waals surface area contributed by atoms with Gasteiger partial charge in [-0.15, -0.1) is 0 Å². The van der Waals surface area contributed by atoms with Crippen LogP contribution >= 0.6 is 0 Å². The fourth-order valence-electron chi connectivity index (χ4n) is 3.64. The number of hydrogen-bond donors (Lipinski definition) is 1. The van der Waals surface area contributed by atoms with Gasteiger partial charge in [0, 0.05) is 44.6 Å². The first-order valence-corrected chi connectivity index (χ1v) is 9.23. The van der Waals surface area contributed by atoms with Gasteiger partial charge in [-0.3, -0.25) is 9.58 Å². The van der Waals surface area contributed by atoms with Gasteiger partial charge in [-0.25, -0.2) is 4.98 Å². The maximum Gasteiger partial charge on any atom is 0.123 e. The normalized spacial score (nSPS) is 19.8. The van der Waals surface area contributed by atoms with Crippen LogP contribution in [0.2, 0.25) is 0 Å². The van der Waals surface area contributed by atoms with E-state index in [0.717, 1.165) is 38.3 Å². The number of aliphatic hydroxyl groups excluding tert-OH is 1. The molecule has 0 radical (unpaired) electrons. The average Bonchev–Trinajstić information content (AvgIpc) is 3.22. The Morgan fingerprint density at radius 1 is 1.32 bits per heavy atom. The fraction of sp³-hybridized carbons (Fsp3) is 0.667. The Balaban J connectivity index is 1.47. The second kappa shape index (κ2) is 6.90. The maximum absolute atomic E-state index is 10.3. The van der Waals surface area contributed by atoms with Crippen molar-refractivity contribution in [2.75, 3.05) is 27.2 Å². The molecule has 136 valence electrons. The van der Waals surface area contributed by atoms with E-state index in [1.807, 2.05) is 25.2 Å². The number of aromatic nitrogens is 4. The highest BCUT2D eigenvalue weighted by atomic mass is 16.3. The standard InChI is InChI=1S/C18H28N6O/c1-21(2)12-17(25)16-10-15-11-22(7-3-8-24(15)20-16)13-18-19-6-9-23(18)14-4-5-14/h6,9-10,14,17,25H,3-5,7-8,11-13H2,1-2H3/t17-/m1/s1. The van der Waals surface area contributed by atoms with Crippen molar-refractivity contribution in [2.45, 2.75) is 51.0 Å². The van der Waals surface area contributed by atoms with Gasteiger partial charge in [-0.1, -0.05) is 0 Å². The Bertz CT molecular complexity index is 717. The summed E-state index contributed by atoms with van der Waals surface area (Å²) in [5, 5.41) is 15.0. The molecular formula is C18H28N6O. The first-order valence-electron chi connectivity index (χ1n) is 9.23. The molecule has 25 heavy (non-hydrogen) atoms. The summed E-state index contributed by atoms with van der Waals surface area (Å²) in [5.74, 6) is 1.17. The van der Waals surface area contributed by atoms with Gasteiger partial charge < -0.3 is 14.6 Å². The number of nitrogens with zero attached hydrogens (tertiary/aromatic N) is 6. The van der Waals surface area contributed by atoms with Crippen molar-refractivity contribution in [1.82, 2.24) is 29.1 Å². The highest BCUT2D eigenvalue weighted by Crippen LogP contribution is 2.35. The molecule has 0 bridgehead atoms. The molecule has 7 nitrogen and oxygen atoms in total. The van der Waals surface area contributed by atoms with Crippen molar-refractivity contribution in [3.63, 3.8) is 0 Å². The quantitative estimate of drug-likeness (QED) is 0.859. The van der Waals surface area contributed by atoms with Crippen LogP contribution in [0.1, 0.15) is 48.6 Å². The van der Waals surface area contributed by atoms with Gasteiger partial charge >= 0.3 is 0 Å². The molecule has 7 heteroatoms. The van der Waals surface area contributed by atoms with Gasteiger partial charge in [0.1, 0.15) is 11.9 Å². The molecule has 2 aromatic rings. The van der Waals surface area contributed by atoms with E-state index < -0.39 is 6.10 Å². The van der Waals surface area contributed by atoms with Gasteiger partial charge in [0.25, 0.3) is 0 Å². The third kappa shape index (κ3) is 3.78. The number of likely N-dealkylation sites (N-methyl/N-ethyl adjacent to an activating group) is 1. The summed E-state index contributed by atoms with van der Waals surface area (Å²) in [5.41, 5.74) is 1.97. The van der Waals surface area contributed by atoms with Crippen LogP contribution in [-0.4, -0.2) is 61.4 Å². The zero-order valence-corrected chi connectivity index (χ0v) is 15.2. The van der Waals surface area contributed by atoms with Crippen LogP contribution < -0.4 is 0 Å². The van der Waals surface area contributed by atoms with Crippen LogP contribution in [0.25, 0.3) is 0 Å². The molecule has 0 aromatic carbocycles. The number of aryl methyl sites for hydroxylation is 1. The Hall–Kier alpha value is -1.70. The maximum atomic E-state index is 10.3. The molecule has 1 aliphatic carbocycles. The molecule has 1 fully saturated rings. The third-order valence-corrected chi connectivity index (χ3v) is 5.05. The Labute approximate surface area is 148 Å². The summed E-state index contributed by atoms with van der Waals surface area (Å²) in [4.78, 5) is 9.01. The summed E-state index contributed by atoms with van der Waals surface area (Å²) < 4.78 is 4.41. The third-order valence-electron chi connectivity index (χ3n) is 5.05. The van der Waals surface area contributed by atoms with E-state index in [9.17, 15) is 5.11 Å². The summed E-state index contributed by atoms with van der Waals surface area (Å²) in [6.45, 7) is 4.30. The van der Waals surface area contributed by atoms with E-state index in [0.29, 0.717) is 12.6 Å². The average molecular weight is 344 g/mol. The van der Waals surface area contributed by atoms with Gasteiger partial charge in [-0.05, 0) is 39.4 Å². The van der Waals surface area contributed by atoms with E-state index in [1.165, 1.54) is 24.4 Å². The molecule has 1 N–H and O–H groups in total. The number of fused-ring (bicyclic) bond motifs is 1. The highest BCUT2D eigenvalue weighted by molar-refractivity contribution is 5.14. The van der Waals surface area contributed by atoms with Gasteiger partial charge in [0.2, 0.25) is 0 Å². The first-order chi connectivity index (χ1) is 12.1. The van der Waals surface area contributed by atoms with Gasteiger partial charge in [0.05, 0.1) is 17.9 Å². The smallest absolute Gasteiger partial charge is 0.123 e. The molecular weight excluding hydrogens is 316 g/mol. The van der Waals surface area contributed by atoms with Crippen LogP contribution in [0.5, 0.6) is 0 Å². The molecule has 0 unspecified atom stereocenters. The topological polar surface area (TPSA) is 62.4 Å². The lowest BCUT2D eigenvalue weighted by molar-refractivity contribution is 0.133. The zero-order chi connectivity index (χ0) is 17.4. The lowest BCUT2D eigenvalue weighted by atomic mass is 10.2. The number of hydrogen-bond acceptors (Lipinski definition) is 5. The molecule has 2 aromatic heterocycles. The van der Waals surface area contributed by atoms with Crippen molar-refractivity contribution in [3.05, 3.63) is 35.7 Å². The number of aliphatic hydroxyl groups is 1. The van der Waals surface area contributed by atoms with E-state index in [-0.39, 0.29) is 0 Å². The molecule has 1 atom stereocenters. The molecule has 3 heterocycles. The fourth-order valence-corrected chi connectivity index (χ4v) is 3.64.